The number of hydrogen-bond donors (Lipinski definition) is 0. The van der Waals surface area contributed by atoms with E-state index in [1.807, 2.05) is 6.92 Å². The maximum atomic E-state index is 11.6. The van der Waals surface area contributed by atoms with Crippen LogP contribution in [0.5, 0.6) is 0 Å². The molecule has 1 aliphatic carbocycles. The molecule has 0 aliphatic heterocycles. The molecule has 0 aromatic carbocycles. The van der Waals surface area contributed by atoms with E-state index in [9.17, 15) is 8.42 Å². The topological polar surface area (TPSA) is 64.8 Å². The van der Waals surface area contributed by atoms with Gasteiger partial charge in [0.15, 0.2) is 5.82 Å². The lowest BCUT2D eigenvalue weighted by Crippen LogP contribution is -2.18. The van der Waals surface area contributed by atoms with Crippen LogP contribution >= 0.6 is 0 Å². The highest BCUT2D eigenvalue weighted by atomic mass is 32.2. The highest BCUT2D eigenvalue weighted by molar-refractivity contribution is 7.90. The second-order valence-corrected chi connectivity index (χ2v) is 5.20. The van der Waals surface area contributed by atoms with Gasteiger partial charge < -0.3 is 0 Å². The highest BCUT2D eigenvalue weighted by Crippen LogP contribution is 2.29. The number of hydrogen-bond acceptors (Lipinski definition) is 4. The first kappa shape index (κ1) is 8.68. The van der Waals surface area contributed by atoms with Crippen LogP contribution in [0.15, 0.2) is 6.33 Å². The molecule has 0 saturated heterocycles. The van der Waals surface area contributed by atoms with Crippen molar-refractivity contribution in [3.8, 4) is 0 Å². The molecule has 6 heteroatoms. The van der Waals surface area contributed by atoms with Gasteiger partial charge in [-0.1, -0.05) is 6.92 Å². The minimum absolute atomic E-state index is 0.223. The van der Waals surface area contributed by atoms with Crippen molar-refractivity contribution in [3.63, 3.8) is 0 Å². The lowest BCUT2D eigenvalue weighted by molar-refractivity contribution is 0.578. The standard InChI is InChI=1S/C7H11N3O2S/c1-2-7-8-5-10(9-7)13(11,12)6-3-4-6/h5-6H,2-4H2,1H3. The maximum absolute atomic E-state index is 11.6. The second kappa shape index (κ2) is 2.80. The summed E-state index contributed by atoms with van der Waals surface area (Å²) < 4.78 is 24.2. The molecule has 0 unspecified atom stereocenters. The quantitative estimate of drug-likeness (QED) is 0.699. The molecule has 1 fully saturated rings. The maximum Gasteiger partial charge on any atom is 0.258 e. The lowest BCUT2D eigenvalue weighted by Gasteiger charge is -1.98. The Balaban J connectivity index is 2.34. The Morgan fingerprint density at radius 3 is 2.77 bits per heavy atom. The molecule has 2 rings (SSSR count). The van der Waals surface area contributed by atoms with Crippen LogP contribution in [0.3, 0.4) is 0 Å². The summed E-state index contributed by atoms with van der Waals surface area (Å²) in [4.78, 5) is 3.88. The predicted octanol–water partition coefficient (Wildman–Crippen LogP) is 0.181. The fraction of sp³-hybridized carbons (Fsp3) is 0.714. The number of rotatable bonds is 3. The summed E-state index contributed by atoms with van der Waals surface area (Å²) in [6.07, 6.45) is 3.45. The predicted molar refractivity (Wildman–Crippen MR) is 46.7 cm³/mol. The van der Waals surface area contributed by atoms with E-state index >= 15 is 0 Å². The van der Waals surface area contributed by atoms with Crippen LogP contribution in [0, 0.1) is 0 Å². The molecule has 1 saturated carbocycles. The fourth-order valence-corrected chi connectivity index (χ4v) is 2.51. The fourth-order valence-electron chi connectivity index (χ4n) is 1.08. The van der Waals surface area contributed by atoms with Crippen LogP contribution in [0.2, 0.25) is 0 Å². The minimum Gasteiger partial charge on any atom is -0.219 e. The summed E-state index contributed by atoms with van der Waals surface area (Å²) in [6.45, 7) is 1.89. The van der Waals surface area contributed by atoms with E-state index in [0.717, 1.165) is 16.9 Å². The lowest BCUT2D eigenvalue weighted by atomic mass is 10.5. The SMILES string of the molecule is CCc1ncn(S(=O)(=O)C2CC2)n1. The van der Waals surface area contributed by atoms with Gasteiger partial charge in [0.25, 0.3) is 10.0 Å². The van der Waals surface area contributed by atoms with Gasteiger partial charge in [0, 0.05) is 6.42 Å². The third-order valence-electron chi connectivity index (χ3n) is 2.04. The Morgan fingerprint density at radius 1 is 1.62 bits per heavy atom. The van der Waals surface area contributed by atoms with Crippen LogP contribution < -0.4 is 0 Å². The van der Waals surface area contributed by atoms with Crippen molar-refractivity contribution in [2.24, 2.45) is 0 Å². The molecule has 72 valence electrons. The van der Waals surface area contributed by atoms with Crippen molar-refractivity contribution in [1.29, 1.82) is 0 Å². The average molecular weight is 201 g/mol. The zero-order chi connectivity index (χ0) is 9.47. The summed E-state index contributed by atoms with van der Waals surface area (Å²) in [6, 6.07) is 0. The molecule has 0 bridgehead atoms. The van der Waals surface area contributed by atoms with Gasteiger partial charge in [-0.2, -0.15) is 0 Å². The molecule has 1 heterocycles. The minimum atomic E-state index is -3.21. The summed E-state index contributed by atoms with van der Waals surface area (Å²) in [5.74, 6) is 0.573. The molecule has 0 atom stereocenters. The molecule has 5 nitrogen and oxygen atoms in total. The number of aromatic nitrogens is 3. The van der Waals surface area contributed by atoms with E-state index in [4.69, 9.17) is 0 Å². The Labute approximate surface area is 76.8 Å². The third-order valence-corrected chi connectivity index (χ3v) is 4.05. The molecule has 1 aromatic heterocycles. The zero-order valence-corrected chi connectivity index (χ0v) is 8.16. The largest absolute Gasteiger partial charge is 0.258 e. The summed E-state index contributed by atoms with van der Waals surface area (Å²) in [5.41, 5.74) is 0. The monoisotopic (exact) mass is 201 g/mol. The van der Waals surface area contributed by atoms with E-state index in [2.05, 4.69) is 10.1 Å². The van der Waals surface area contributed by atoms with Gasteiger partial charge >= 0.3 is 0 Å². The van der Waals surface area contributed by atoms with E-state index in [1.165, 1.54) is 6.33 Å². The molecular weight excluding hydrogens is 190 g/mol. The first-order valence-electron chi connectivity index (χ1n) is 4.29. The van der Waals surface area contributed by atoms with Gasteiger partial charge in [0.1, 0.15) is 6.33 Å². The third kappa shape index (κ3) is 1.46. The summed E-state index contributed by atoms with van der Waals surface area (Å²) in [5, 5.41) is 3.66. The normalized spacial score (nSPS) is 17.6. The van der Waals surface area contributed by atoms with Crippen molar-refractivity contribution in [1.82, 2.24) is 14.2 Å². The van der Waals surface area contributed by atoms with Crippen LogP contribution in [-0.2, 0) is 16.4 Å². The van der Waals surface area contributed by atoms with Crippen LogP contribution in [-0.4, -0.2) is 27.8 Å². The molecule has 0 spiro atoms. The van der Waals surface area contributed by atoms with Crippen molar-refractivity contribution >= 4 is 10.0 Å². The molecule has 1 aliphatic rings. The van der Waals surface area contributed by atoms with Gasteiger partial charge in [0.05, 0.1) is 5.25 Å². The molecule has 13 heavy (non-hydrogen) atoms. The van der Waals surface area contributed by atoms with Gasteiger partial charge in [-0.3, -0.25) is 0 Å². The van der Waals surface area contributed by atoms with E-state index < -0.39 is 10.0 Å². The Bertz CT molecular complexity index is 405. The van der Waals surface area contributed by atoms with Crippen LogP contribution in [0.25, 0.3) is 0 Å². The average Bonchev–Trinajstić information content (AvgIpc) is 2.84. The molecule has 0 radical (unpaired) electrons. The van der Waals surface area contributed by atoms with Crippen molar-refractivity contribution in [2.45, 2.75) is 31.4 Å². The van der Waals surface area contributed by atoms with Crippen LogP contribution in [0.4, 0.5) is 0 Å². The van der Waals surface area contributed by atoms with Crippen LogP contribution in [0.1, 0.15) is 25.6 Å². The van der Waals surface area contributed by atoms with Gasteiger partial charge in [-0.15, -0.1) is 9.19 Å². The number of aryl methyl sites for hydroxylation is 1. The van der Waals surface area contributed by atoms with Gasteiger partial charge in [0.2, 0.25) is 0 Å². The first-order chi connectivity index (χ1) is 6.14. The van der Waals surface area contributed by atoms with E-state index in [1.54, 1.807) is 0 Å². The van der Waals surface area contributed by atoms with Gasteiger partial charge in [-0.05, 0) is 12.8 Å². The van der Waals surface area contributed by atoms with E-state index in [-0.39, 0.29) is 5.25 Å². The van der Waals surface area contributed by atoms with Crippen molar-refractivity contribution in [2.75, 3.05) is 0 Å². The Morgan fingerprint density at radius 2 is 2.31 bits per heavy atom. The van der Waals surface area contributed by atoms with E-state index in [0.29, 0.717) is 12.2 Å². The second-order valence-electron chi connectivity index (χ2n) is 3.13. The number of nitrogens with zero attached hydrogens (tertiary/aromatic N) is 3. The van der Waals surface area contributed by atoms with Crippen molar-refractivity contribution in [3.05, 3.63) is 12.2 Å². The smallest absolute Gasteiger partial charge is 0.219 e. The van der Waals surface area contributed by atoms with Gasteiger partial charge in [-0.25, -0.2) is 13.4 Å². The molecular formula is C7H11N3O2S. The molecule has 0 N–H and O–H groups in total. The summed E-state index contributed by atoms with van der Waals surface area (Å²) in [7, 11) is -3.21. The molecule has 0 amide bonds. The zero-order valence-electron chi connectivity index (χ0n) is 7.34. The molecule has 1 aromatic rings. The summed E-state index contributed by atoms with van der Waals surface area (Å²) >= 11 is 0. The Kier molecular flexibility index (Phi) is 1.87. The Hall–Kier alpha value is -0.910. The highest BCUT2D eigenvalue weighted by Gasteiger charge is 2.37. The first-order valence-corrected chi connectivity index (χ1v) is 5.80. The van der Waals surface area contributed by atoms with Crippen molar-refractivity contribution < 1.29 is 8.42 Å².